The fourth-order valence-corrected chi connectivity index (χ4v) is 3.75. The van der Waals surface area contributed by atoms with Gasteiger partial charge in [-0.15, -0.1) is 12.4 Å². The third-order valence-electron chi connectivity index (χ3n) is 5.14. The molecule has 0 bridgehead atoms. The maximum absolute atomic E-state index is 13.9. The number of halogens is 3. The van der Waals surface area contributed by atoms with Crippen molar-refractivity contribution in [2.45, 2.75) is 25.3 Å². The first-order valence-electron chi connectivity index (χ1n) is 9.26. The lowest BCUT2D eigenvalue weighted by atomic mass is 9.96. The number of primary amides is 1. The van der Waals surface area contributed by atoms with Gasteiger partial charge in [0.15, 0.2) is 11.6 Å². The Morgan fingerprint density at radius 1 is 1.28 bits per heavy atom. The molecule has 1 aliphatic heterocycles. The fourth-order valence-electron chi connectivity index (χ4n) is 3.75. The minimum Gasteiger partial charge on any atom is -0.489 e. The second-order valence-electron chi connectivity index (χ2n) is 7.04. The van der Waals surface area contributed by atoms with E-state index in [-0.39, 0.29) is 30.0 Å². The predicted molar refractivity (Wildman–Crippen MR) is 110 cm³/mol. The van der Waals surface area contributed by atoms with Crippen molar-refractivity contribution in [3.63, 3.8) is 0 Å². The first-order valence-corrected chi connectivity index (χ1v) is 9.26. The second kappa shape index (κ2) is 8.80. The van der Waals surface area contributed by atoms with Crippen molar-refractivity contribution in [3.8, 4) is 5.75 Å². The average Bonchev–Trinajstić information content (AvgIpc) is 3.07. The highest BCUT2D eigenvalue weighted by Crippen LogP contribution is 2.31. The summed E-state index contributed by atoms with van der Waals surface area (Å²) in [6.45, 7) is 1.04. The van der Waals surface area contributed by atoms with Gasteiger partial charge in [-0.25, -0.2) is 8.78 Å². The number of ether oxygens (including phenoxy) is 1. The Hall–Kier alpha value is -2.64. The van der Waals surface area contributed by atoms with Gasteiger partial charge in [0, 0.05) is 34.3 Å². The second-order valence-corrected chi connectivity index (χ2v) is 7.04. The monoisotopic (exact) mass is 421 g/mol. The van der Waals surface area contributed by atoms with E-state index in [9.17, 15) is 13.6 Å². The van der Waals surface area contributed by atoms with Gasteiger partial charge in [-0.2, -0.15) is 0 Å². The minimum atomic E-state index is -0.591. The largest absolute Gasteiger partial charge is 0.489 e. The summed E-state index contributed by atoms with van der Waals surface area (Å²) in [5.41, 5.74) is 8.20. The molecule has 154 valence electrons. The van der Waals surface area contributed by atoms with Crippen molar-refractivity contribution in [2.24, 2.45) is 5.73 Å². The number of carbonyl (C=O) groups excluding carboxylic acids is 1. The van der Waals surface area contributed by atoms with E-state index < -0.39 is 11.7 Å². The molecule has 1 unspecified atom stereocenters. The van der Waals surface area contributed by atoms with Crippen LogP contribution < -0.4 is 15.8 Å². The van der Waals surface area contributed by atoms with Gasteiger partial charge in [0.2, 0.25) is 5.91 Å². The lowest BCUT2D eigenvalue weighted by Gasteiger charge is -2.27. The van der Waals surface area contributed by atoms with Gasteiger partial charge in [-0.05, 0) is 61.7 Å². The molecule has 0 fully saturated rings. The Balaban J connectivity index is 0.00000240. The van der Waals surface area contributed by atoms with Crippen LogP contribution in [0.1, 0.15) is 27.9 Å². The Labute approximate surface area is 173 Å². The molecule has 0 spiro atoms. The third kappa shape index (κ3) is 4.36. The Bertz CT molecular complexity index is 1040. The summed E-state index contributed by atoms with van der Waals surface area (Å²) >= 11 is 0. The molecule has 0 aliphatic carbocycles. The van der Waals surface area contributed by atoms with Crippen LogP contribution in [0.15, 0.2) is 36.5 Å². The molecule has 8 heteroatoms. The molecule has 29 heavy (non-hydrogen) atoms. The Kier molecular flexibility index (Phi) is 6.39. The van der Waals surface area contributed by atoms with Crippen molar-refractivity contribution in [3.05, 3.63) is 64.9 Å². The van der Waals surface area contributed by atoms with Crippen LogP contribution in [0.3, 0.4) is 0 Å². The van der Waals surface area contributed by atoms with E-state index in [0.717, 1.165) is 29.3 Å². The SMILES string of the molecule is Cl.NC(=O)c1ccc(F)c2c1CC(NCCCc1c[nH]c3ccc(F)cc13)CO2. The quantitative estimate of drug-likeness (QED) is 0.533. The zero-order valence-electron chi connectivity index (χ0n) is 15.6. The van der Waals surface area contributed by atoms with Gasteiger partial charge in [-0.1, -0.05) is 0 Å². The maximum atomic E-state index is 13.9. The van der Waals surface area contributed by atoms with Crippen LogP contribution in [0.2, 0.25) is 0 Å². The van der Waals surface area contributed by atoms with Gasteiger partial charge >= 0.3 is 0 Å². The maximum Gasteiger partial charge on any atom is 0.249 e. The van der Waals surface area contributed by atoms with E-state index in [2.05, 4.69) is 10.3 Å². The van der Waals surface area contributed by atoms with Crippen LogP contribution in [0.4, 0.5) is 8.78 Å². The van der Waals surface area contributed by atoms with Gasteiger partial charge in [-0.3, -0.25) is 4.79 Å². The number of aryl methyl sites for hydroxylation is 1. The average molecular weight is 422 g/mol. The number of fused-ring (bicyclic) bond motifs is 2. The number of rotatable bonds is 6. The molecule has 5 nitrogen and oxygen atoms in total. The molecular weight excluding hydrogens is 400 g/mol. The summed E-state index contributed by atoms with van der Waals surface area (Å²) in [5.74, 6) is -1.20. The fraction of sp³-hybridized carbons (Fsp3) is 0.286. The number of hydrogen-bond acceptors (Lipinski definition) is 3. The van der Waals surface area contributed by atoms with E-state index in [1.165, 1.54) is 18.2 Å². The molecule has 3 aromatic rings. The van der Waals surface area contributed by atoms with Crippen LogP contribution in [-0.2, 0) is 12.8 Å². The number of benzene rings is 2. The van der Waals surface area contributed by atoms with Gasteiger partial charge in [0.25, 0.3) is 0 Å². The number of nitrogens with two attached hydrogens (primary N) is 1. The molecule has 1 aromatic heterocycles. The van der Waals surface area contributed by atoms with Crippen LogP contribution in [0.5, 0.6) is 5.75 Å². The van der Waals surface area contributed by atoms with Crippen molar-refractivity contribution < 1.29 is 18.3 Å². The summed E-state index contributed by atoms with van der Waals surface area (Å²) in [5, 5.41) is 4.29. The highest BCUT2D eigenvalue weighted by molar-refractivity contribution is 5.95. The topological polar surface area (TPSA) is 80.1 Å². The molecule has 0 radical (unpaired) electrons. The van der Waals surface area contributed by atoms with E-state index in [4.69, 9.17) is 10.5 Å². The molecule has 1 amide bonds. The zero-order chi connectivity index (χ0) is 19.7. The summed E-state index contributed by atoms with van der Waals surface area (Å²) in [6.07, 6.45) is 4.02. The van der Waals surface area contributed by atoms with E-state index in [1.54, 1.807) is 12.1 Å². The number of amides is 1. The van der Waals surface area contributed by atoms with Gasteiger partial charge in [0.1, 0.15) is 12.4 Å². The number of aromatic amines is 1. The van der Waals surface area contributed by atoms with Crippen LogP contribution >= 0.6 is 12.4 Å². The molecule has 2 heterocycles. The molecule has 4 rings (SSSR count). The number of hydrogen-bond donors (Lipinski definition) is 3. The summed E-state index contributed by atoms with van der Waals surface area (Å²) in [6, 6.07) is 7.29. The van der Waals surface area contributed by atoms with Crippen LogP contribution in [0, 0.1) is 11.6 Å². The highest BCUT2D eigenvalue weighted by atomic mass is 35.5. The predicted octanol–water partition coefficient (Wildman–Crippen LogP) is 3.49. The van der Waals surface area contributed by atoms with Crippen molar-refractivity contribution in [1.29, 1.82) is 0 Å². The highest BCUT2D eigenvalue weighted by Gasteiger charge is 2.26. The van der Waals surface area contributed by atoms with Crippen molar-refractivity contribution >= 4 is 29.2 Å². The number of H-pyrrole nitrogens is 1. The van der Waals surface area contributed by atoms with E-state index in [0.29, 0.717) is 30.7 Å². The van der Waals surface area contributed by atoms with Crippen LogP contribution in [0.25, 0.3) is 10.9 Å². The molecule has 1 aliphatic rings. The van der Waals surface area contributed by atoms with E-state index >= 15 is 0 Å². The standard InChI is InChI=1S/C21H21F2N3O2.ClH/c22-13-3-6-19-16(8-13)12(10-26-19)2-1-7-25-14-9-17-15(21(24)27)4-5-18(23)20(17)28-11-14;/h3-6,8,10,14,25-26H,1-2,7,9,11H2,(H2,24,27);1H. The third-order valence-corrected chi connectivity index (χ3v) is 5.14. The summed E-state index contributed by atoms with van der Waals surface area (Å²) in [7, 11) is 0. The first kappa shape index (κ1) is 21.1. The van der Waals surface area contributed by atoms with Gasteiger partial charge in [0.05, 0.1) is 0 Å². The number of carbonyl (C=O) groups is 1. The minimum absolute atomic E-state index is 0. The lowest BCUT2D eigenvalue weighted by molar-refractivity contribution is 0.0997. The molecule has 0 saturated carbocycles. The molecular formula is C21H22ClF2N3O2. The first-order chi connectivity index (χ1) is 13.5. The normalized spacial score (nSPS) is 15.4. The van der Waals surface area contributed by atoms with Gasteiger partial charge < -0.3 is 20.8 Å². The Morgan fingerprint density at radius 2 is 2.10 bits per heavy atom. The summed E-state index contributed by atoms with van der Waals surface area (Å²) < 4.78 is 32.9. The Morgan fingerprint density at radius 3 is 2.90 bits per heavy atom. The van der Waals surface area contributed by atoms with E-state index in [1.807, 2.05) is 6.20 Å². The van der Waals surface area contributed by atoms with Crippen LogP contribution in [-0.4, -0.2) is 30.1 Å². The number of nitrogens with one attached hydrogen (secondary N) is 2. The smallest absolute Gasteiger partial charge is 0.249 e. The lowest BCUT2D eigenvalue weighted by Crippen LogP contribution is -2.40. The molecule has 2 aromatic carbocycles. The number of aromatic nitrogens is 1. The molecule has 0 saturated heterocycles. The molecule has 1 atom stereocenters. The van der Waals surface area contributed by atoms with Crippen molar-refractivity contribution in [1.82, 2.24) is 10.3 Å². The zero-order valence-corrected chi connectivity index (χ0v) is 16.5. The summed E-state index contributed by atoms with van der Waals surface area (Å²) in [4.78, 5) is 14.8. The molecule has 4 N–H and O–H groups in total. The van der Waals surface area contributed by atoms with Crippen molar-refractivity contribution in [2.75, 3.05) is 13.2 Å².